The van der Waals surface area contributed by atoms with E-state index in [-0.39, 0.29) is 5.56 Å². The van der Waals surface area contributed by atoms with Crippen LogP contribution in [0.15, 0.2) is 34.8 Å². The molecule has 1 aromatic carbocycles. The summed E-state index contributed by atoms with van der Waals surface area (Å²) in [5.74, 6) is -2.26. The Labute approximate surface area is 116 Å². The van der Waals surface area contributed by atoms with Crippen molar-refractivity contribution >= 4 is 27.7 Å². The van der Waals surface area contributed by atoms with E-state index in [2.05, 4.69) is 26.2 Å². The molecule has 2 aromatic rings. The molecule has 0 unspecified atom stereocenters. The SMILES string of the molecule is Cc1nc(NC(=O)c2ccc(F)c(F)c2)ccc1Br. The zero-order valence-electron chi connectivity index (χ0n) is 9.88. The van der Waals surface area contributed by atoms with Gasteiger partial charge in [-0.15, -0.1) is 0 Å². The van der Waals surface area contributed by atoms with Crippen LogP contribution in [0.4, 0.5) is 14.6 Å². The molecule has 19 heavy (non-hydrogen) atoms. The van der Waals surface area contributed by atoms with Gasteiger partial charge in [0.15, 0.2) is 11.6 Å². The molecule has 0 aliphatic carbocycles. The van der Waals surface area contributed by atoms with Gasteiger partial charge in [0.05, 0.1) is 5.69 Å². The van der Waals surface area contributed by atoms with E-state index in [9.17, 15) is 13.6 Å². The molecule has 2 rings (SSSR count). The molecule has 1 aromatic heterocycles. The molecule has 0 aliphatic rings. The fraction of sp³-hybridized carbons (Fsp3) is 0.0769. The van der Waals surface area contributed by atoms with Crippen LogP contribution in [0, 0.1) is 18.6 Å². The van der Waals surface area contributed by atoms with Crippen molar-refractivity contribution in [2.24, 2.45) is 0 Å². The largest absolute Gasteiger partial charge is 0.307 e. The van der Waals surface area contributed by atoms with Gasteiger partial charge in [-0.2, -0.15) is 0 Å². The number of anilines is 1. The van der Waals surface area contributed by atoms with Gasteiger partial charge in [0.2, 0.25) is 0 Å². The second kappa shape index (κ2) is 5.44. The van der Waals surface area contributed by atoms with E-state index in [4.69, 9.17) is 0 Å². The molecule has 6 heteroatoms. The first-order valence-electron chi connectivity index (χ1n) is 5.37. The predicted molar refractivity (Wildman–Crippen MR) is 71.0 cm³/mol. The summed E-state index contributed by atoms with van der Waals surface area (Å²) >= 11 is 3.29. The fourth-order valence-corrected chi connectivity index (χ4v) is 1.66. The molecule has 0 radical (unpaired) electrons. The summed E-state index contributed by atoms with van der Waals surface area (Å²) < 4.78 is 26.6. The molecule has 0 spiro atoms. The van der Waals surface area contributed by atoms with E-state index in [1.165, 1.54) is 6.07 Å². The molecule has 98 valence electrons. The second-order valence-electron chi connectivity index (χ2n) is 3.85. The van der Waals surface area contributed by atoms with Crippen molar-refractivity contribution in [1.29, 1.82) is 0 Å². The van der Waals surface area contributed by atoms with Crippen molar-refractivity contribution in [3.63, 3.8) is 0 Å². The zero-order valence-corrected chi connectivity index (χ0v) is 11.5. The van der Waals surface area contributed by atoms with Crippen LogP contribution in [0.25, 0.3) is 0 Å². The fourth-order valence-electron chi connectivity index (χ4n) is 1.44. The van der Waals surface area contributed by atoms with Crippen LogP contribution in [0.2, 0.25) is 0 Å². The maximum Gasteiger partial charge on any atom is 0.256 e. The molecule has 3 nitrogen and oxygen atoms in total. The van der Waals surface area contributed by atoms with Crippen LogP contribution in [0.3, 0.4) is 0 Å². The van der Waals surface area contributed by atoms with E-state index < -0.39 is 17.5 Å². The Balaban J connectivity index is 2.20. The topological polar surface area (TPSA) is 42.0 Å². The van der Waals surface area contributed by atoms with Gasteiger partial charge in [0, 0.05) is 10.0 Å². The van der Waals surface area contributed by atoms with Gasteiger partial charge in [0.25, 0.3) is 5.91 Å². The molecule has 1 N–H and O–H groups in total. The Morgan fingerprint density at radius 3 is 2.58 bits per heavy atom. The molecule has 0 bridgehead atoms. The molecule has 0 fully saturated rings. The first-order valence-corrected chi connectivity index (χ1v) is 6.16. The van der Waals surface area contributed by atoms with Gasteiger partial charge in [0.1, 0.15) is 5.82 Å². The monoisotopic (exact) mass is 326 g/mol. The molecule has 0 saturated carbocycles. The van der Waals surface area contributed by atoms with E-state index in [0.717, 1.165) is 16.6 Å². The number of pyridine rings is 1. The lowest BCUT2D eigenvalue weighted by molar-refractivity contribution is 0.102. The number of amides is 1. The average Bonchev–Trinajstić information content (AvgIpc) is 2.37. The molecular weight excluding hydrogens is 318 g/mol. The minimum atomic E-state index is -1.06. The molecule has 1 amide bonds. The Morgan fingerprint density at radius 2 is 1.95 bits per heavy atom. The number of carbonyl (C=O) groups is 1. The zero-order chi connectivity index (χ0) is 14.0. The second-order valence-corrected chi connectivity index (χ2v) is 4.70. The van der Waals surface area contributed by atoms with Crippen molar-refractivity contribution in [1.82, 2.24) is 4.98 Å². The Morgan fingerprint density at radius 1 is 1.21 bits per heavy atom. The highest BCUT2D eigenvalue weighted by Gasteiger charge is 2.10. The van der Waals surface area contributed by atoms with Crippen LogP contribution in [-0.2, 0) is 0 Å². The van der Waals surface area contributed by atoms with Gasteiger partial charge < -0.3 is 5.32 Å². The van der Waals surface area contributed by atoms with Crippen LogP contribution >= 0.6 is 15.9 Å². The summed E-state index contributed by atoms with van der Waals surface area (Å²) in [5.41, 5.74) is 0.740. The summed E-state index contributed by atoms with van der Waals surface area (Å²) in [5, 5.41) is 2.51. The van der Waals surface area contributed by atoms with Crippen LogP contribution < -0.4 is 5.32 Å². The van der Waals surface area contributed by atoms with Crippen molar-refractivity contribution in [2.45, 2.75) is 6.92 Å². The van der Waals surface area contributed by atoms with Gasteiger partial charge in [-0.3, -0.25) is 4.79 Å². The molecular formula is C13H9BrF2N2O. The lowest BCUT2D eigenvalue weighted by Crippen LogP contribution is -2.13. The average molecular weight is 327 g/mol. The summed E-state index contributed by atoms with van der Waals surface area (Å²) in [6.07, 6.45) is 0. The number of hydrogen-bond acceptors (Lipinski definition) is 2. The number of carbonyl (C=O) groups excluding carboxylic acids is 1. The normalized spacial score (nSPS) is 10.3. The molecule has 0 saturated heterocycles. The van der Waals surface area contributed by atoms with Crippen LogP contribution in [-0.4, -0.2) is 10.9 Å². The van der Waals surface area contributed by atoms with E-state index in [0.29, 0.717) is 11.5 Å². The summed E-state index contributed by atoms with van der Waals surface area (Å²) in [7, 11) is 0. The van der Waals surface area contributed by atoms with Gasteiger partial charge in [-0.05, 0) is 53.2 Å². The van der Waals surface area contributed by atoms with Crippen molar-refractivity contribution in [3.8, 4) is 0 Å². The lowest BCUT2D eigenvalue weighted by atomic mass is 10.2. The van der Waals surface area contributed by atoms with Gasteiger partial charge in [-0.25, -0.2) is 13.8 Å². The smallest absolute Gasteiger partial charge is 0.256 e. The summed E-state index contributed by atoms with van der Waals surface area (Å²) in [6.45, 7) is 1.78. The molecule has 0 atom stereocenters. The highest BCUT2D eigenvalue weighted by Crippen LogP contribution is 2.17. The number of aryl methyl sites for hydroxylation is 1. The Bertz CT molecular complexity index is 647. The van der Waals surface area contributed by atoms with E-state index >= 15 is 0 Å². The third kappa shape index (κ3) is 3.14. The Kier molecular flexibility index (Phi) is 3.90. The minimum absolute atomic E-state index is 0.0290. The summed E-state index contributed by atoms with van der Waals surface area (Å²) in [6, 6.07) is 6.30. The number of rotatable bonds is 2. The van der Waals surface area contributed by atoms with Crippen molar-refractivity contribution in [2.75, 3.05) is 5.32 Å². The highest BCUT2D eigenvalue weighted by molar-refractivity contribution is 9.10. The van der Waals surface area contributed by atoms with Crippen LogP contribution in [0.1, 0.15) is 16.1 Å². The third-order valence-corrected chi connectivity index (χ3v) is 3.28. The number of halogens is 3. The van der Waals surface area contributed by atoms with Gasteiger partial charge in [-0.1, -0.05) is 0 Å². The number of nitrogens with one attached hydrogen (secondary N) is 1. The van der Waals surface area contributed by atoms with Crippen molar-refractivity contribution in [3.05, 3.63) is 57.7 Å². The highest BCUT2D eigenvalue weighted by atomic mass is 79.9. The quantitative estimate of drug-likeness (QED) is 0.914. The standard InChI is InChI=1S/C13H9BrF2N2O/c1-7-9(14)3-5-12(17-7)18-13(19)8-2-4-10(15)11(16)6-8/h2-6H,1H3,(H,17,18,19). The Hall–Kier alpha value is -1.82. The molecule has 1 heterocycles. The van der Waals surface area contributed by atoms with E-state index in [1.807, 2.05) is 0 Å². The first-order chi connectivity index (χ1) is 8.97. The maximum atomic E-state index is 13.0. The first kappa shape index (κ1) is 13.6. The summed E-state index contributed by atoms with van der Waals surface area (Å²) in [4.78, 5) is 16.0. The number of hydrogen-bond donors (Lipinski definition) is 1. The van der Waals surface area contributed by atoms with Crippen LogP contribution in [0.5, 0.6) is 0 Å². The van der Waals surface area contributed by atoms with Crippen molar-refractivity contribution < 1.29 is 13.6 Å². The number of benzene rings is 1. The van der Waals surface area contributed by atoms with E-state index in [1.54, 1.807) is 19.1 Å². The number of nitrogens with zero attached hydrogens (tertiary/aromatic N) is 1. The maximum absolute atomic E-state index is 13.0. The third-order valence-electron chi connectivity index (χ3n) is 2.44. The predicted octanol–water partition coefficient (Wildman–Crippen LogP) is 3.68. The molecule has 0 aliphatic heterocycles. The number of aromatic nitrogens is 1. The lowest BCUT2D eigenvalue weighted by Gasteiger charge is -2.06. The minimum Gasteiger partial charge on any atom is -0.307 e. The van der Waals surface area contributed by atoms with Gasteiger partial charge >= 0.3 is 0 Å².